The number of carbonyl (C=O) groups is 1. The van der Waals surface area contributed by atoms with E-state index < -0.39 is 0 Å². The maximum absolute atomic E-state index is 11.0. The Labute approximate surface area is 102 Å². The van der Waals surface area contributed by atoms with Crippen LogP contribution in [0.3, 0.4) is 0 Å². The lowest BCUT2D eigenvalue weighted by molar-refractivity contribution is -0.114. The van der Waals surface area contributed by atoms with E-state index in [2.05, 4.69) is 17.2 Å². The molecule has 1 amide bonds. The van der Waals surface area contributed by atoms with Crippen LogP contribution in [0.25, 0.3) is 0 Å². The molecule has 0 aromatic heterocycles. The Balaban J connectivity index is 2.93. The van der Waals surface area contributed by atoms with Crippen LogP contribution in [0.15, 0.2) is 18.2 Å². The Morgan fingerprint density at radius 2 is 2.24 bits per heavy atom. The average molecular weight is 231 g/mol. The standard InChI is InChI=1S/C14H17NO2/c1-3-13-10-12(6-4-5-9-16)7-8-14(13)15-11(2)17/h7-8,10,16H,3,5,9H2,1-2H3,(H,15,17). The molecule has 2 N–H and O–H groups in total. The van der Waals surface area contributed by atoms with E-state index >= 15 is 0 Å². The number of hydrogen-bond acceptors (Lipinski definition) is 2. The first-order valence-corrected chi connectivity index (χ1v) is 5.67. The Bertz CT molecular complexity index is 455. The van der Waals surface area contributed by atoms with E-state index in [1.807, 2.05) is 25.1 Å². The lowest BCUT2D eigenvalue weighted by Gasteiger charge is -2.08. The summed E-state index contributed by atoms with van der Waals surface area (Å²) < 4.78 is 0. The summed E-state index contributed by atoms with van der Waals surface area (Å²) in [5.74, 6) is 5.78. The van der Waals surface area contributed by atoms with Crippen LogP contribution in [0, 0.1) is 11.8 Å². The molecule has 0 fully saturated rings. The summed E-state index contributed by atoms with van der Waals surface area (Å²) in [6.45, 7) is 3.61. The van der Waals surface area contributed by atoms with Gasteiger partial charge in [-0.1, -0.05) is 18.8 Å². The van der Waals surface area contributed by atoms with Crippen LogP contribution in [-0.2, 0) is 11.2 Å². The third-order valence-corrected chi connectivity index (χ3v) is 2.27. The van der Waals surface area contributed by atoms with Crippen LogP contribution < -0.4 is 5.32 Å². The molecular formula is C14H17NO2. The number of aryl methyl sites for hydroxylation is 1. The van der Waals surface area contributed by atoms with Gasteiger partial charge in [0.1, 0.15) is 0 Å². The number of benzene rings is 1. The van der Waals surface area contributed by atoms with Gasteiger partial charge in [0.25, 0.3) is 0 Å². The van der Waals surface area contributed by atoms with Crippen LogP contribution in [0.5, 0.6) is 0 Å². The maximum atomic E-state index is 11.0. The van der Waals surface area contributed by atoms with Gasteiger partial charge in [-0.2, -0.15) is 0 Å². The highest BCUT2D eigenvalue weighted by atomic mass is 16.2. The fourth-order valence-corrected chi connectivity index (χ4v) is 1.50. The molecule has 0 aliphatic rings. The summed E-state index contributed by atoms with van der Waals surface area (Å²) in [5, 5.41) is 11.4. The number of anilines is 1. The van der Waals surface area contributed by atoms with Gasteiger partial charge in [0, 0.05) is 24.6 Å². The predicted molar refractivity (Wildman–Crippen MR) is 68.7 cm³/mol. The second-order valence-corrected chi connectivity index (χ2v) is 3.68. The molecule has 3 nitrogen and oxygen atoms in total. The number of amides is 1. The quantitative estimate of drug-likeness (QED) is 0.781. The van der Waals surface area contributed by atoms with Gasteiger partial charge in [0.2, 0.25) is 5.91 Å². The fraction of sp³-hybridized carbons (Fsp3) is 0.357. The summed E-state index contributed by atoms with van der Waals surface area (Å²) in [4.78, 5) is 11.0. The molecule has 0 saturated heterocycles. The molecule has 0 heterocycles. The van der Waals surface area contributed by atoms with Gasteiger partial charge in [-0.15, -0.1) is 0 Å². The Hall–Kier alpha value is -1.79. The number of aliphatic hydroxyl groups is 1. The van der Waals surface area contributed by atoms with E-state index in [1.165, 1.54) is 6.92 Å². The minimum absolute atomic E-state index is 0.0705. The summed E-state index contributed by atoms with van der Waals surface area (Å²) in [5.41, 5.74) is 2.81. The molecule has 1 aromatic carbocycles. The van der Waals surface area contributed by atoms with Crippen molar-refractivity contribution in [3.05, 3.63) is 29.3 Å². The zero-order chi connectivity index (χ0) is 12.7. The van der Waals surface area contributed by atoms with Crippen LogP contribution in [-0.4, -0.2) is 17.6 Å². The third kappa shape index (κ3) is 4.29. The third-order valence-electron chi connectivity index (χ3n) is 2.27. The highest BCUT2D eigenvalue weighted by Gasteiger charge is 2.02. The largest absolute Gasteiger partial charge is 0.395 e. The number of aliphatic hydroxyl groups excluding tert-OH is 1. The van der Waals surface area contributed by atoms with Crippen molar-refractivity contribution in [3.63, 3.8) is 0 Å². The molecular weight excluding hydrogens is 214 g/mol. The first-order valence-electron chi connectivity index (χ1n) is 5.67. The summed E-state index contributed by atoms with van der Waals surface area (Å²) in [6.07, 6.45) is 1.32. The summed E-state index contributed by atoms with van der Waals surface area (Å²) in [6, 6.07) is 5.70. The highest BCUT2D eigenvalue weighted by molar-refractivity contribution is 5.89. The molecule has 0 atom stereocenters. The maximum Gasteiger partial charge on any atom is 0.221 e. The van der Waals surface area contributed by atoms with Gasteiger partial charge in [-0.05, 0) is 30.2 Å². The number of nitrogens with one attached hydrogen (secondary N) is 1. The molecule has 17 heavy (non-hydrogen) atoms. The molecule has 0 bridgehead atoms. The molecule has 0 unspecified atom stereocenters. The number of rotatable bonds is 3. The highest BCUT2D eigenvalue weighted by Crippen LogP contribution is 2.17. The molecule has 1 aromatic rings. The lowest BCUT2D eigenvalue weighted by Crippen LogP contribution is -2.08. The van der Waals surface area contributed by atoms with E-state index in [0.29, 0.717) is 6.42 Å². The van der Waals surface area contributed by atoms with Crippen molar-refractivity contribution in [1.82, 2.24) is 0 Å². The van der Waals surface area contributed by atoms with Crippen LogP contribution in [0.1, 0.15) is 31.4 Å². The zero-order valence-electron chi connectivity index (χ0n) is 10.2. The van der Waals surface area contributed by atoms with Crippen molar-refractivity contribution in [2.75, 3.05) is 11.9 Å². The zero-order valence-corrected chi connectivity index (χ0v) is 10.2. The topological polar surface area (TPSA) is 49.3 Å². The first kappa shape index (κ1) is 13.3. The summed E-state index contributed by atoms with van der Waals surface area (Å²) >= 11 is 0. The minimum Gasteiger partial charge on any atom is -0.395 e. The molecule has 1 rings (SSSR count). The summed E-state index contributed by atoms with van der Waals surface area (Å²) in [7, 11) is 0. The lowest BCUT2D eigenvalue weighted by atomic mass is 10.1. The van der Waals surface area contributed by atoms with Crippen LogP contribution >= 0.6 is 0 Å². The first-order chi connectivity index (χ1) is 8.17. The number of hydrogen-bond donors (Lipinski definition) is 2. The Morgan fingerprint density at radius 1 is 1.47 bits per heavy atom. The Kier molecular flexibility index (Phi) is 5.25. The van der Waals surface area contributed by atoms with Crippen LogP contribution in [0.2, 0.25) is 0 Å². The second-order valence-electron chi connectivity index (χ2n) is 3.68. The molecule has 0 aliphatic heterocycles. The Morgan fingerprint density at radius 3 is 2.82 bits per heavy atom. The van der Waals surface area contributed by atoms with E-state index in [0.717, 1.165) is 23.2 Å². The molecule has 0 radical (unpaired) electrons. The second kappa shape index (κ2) is 6.72. The molecule has 0 spiro atoms. The van der Waals surface area contributed by atoms with E-state index in [9.17, 15) is 4.79 Å². The van der Waals surface area contributed by atoms with Gasteiger partial charge >= 0.3 is 0 Å². The molecule has 3 heteroatoms. The fourth-order valence-electron chi connectivity index (χ4n) is 1.50. The average Bonchev–Trinajstić information content (AvgIpc) is 2.30. The van der Waals surface area contributed by atoms with E-state index in [-0.39, 0.29) is 12.5 Å². The monoisotopic (exact) mass is 231 g/mol. The van der Waals surface area contributed by atoms with Crippen molar-refractivity contribution in [3.8, 4) is 11.8 Å². The van der Waals surface area contributed by atoms with Crippen LogP contribution in [0.4, 0.5) is 5.69 Å². The van der Waals surface area contributed by atoms with E-state index in [1.54, 1.807) is 0 Å². The smallest absolute Gasteiger partial charge is 0.221 e. The normalized spacial score (nSPS) is 9.35. The van der Waals surface area contributed by atoms with Crippen molar-refractivity contribution in [1.29, 1.82) is 0 Å². The SMILES string of the molecule is CCc1cc(C#CCCO)ccc1NC(C)=O. The van der Waals surface area contributed by atoms with Gasteiger partial charge in [0.05, 0.1) is 6.61 Å². The van der Waals surface area contributed by atoms with Gasteiger partial charge in [-0.25, -0.2) is 0 Å². The van der Waals surface area contributed by atoms with E-state index in [4.69, 9.17) is 5.11 Å². The van der Waals surface area contributed by atoms with Crippen molar-refractivity contribution < 1.29 is 9.90 Å². The van der Waals surface area contributed by atoms with Gasteiger partial charge in [-0.3, -0.25) is 4.79 Å². The predicted octanol–water partition coefficient (Wildman–Crippen LogP) is 1.94. The molecule has 90 valence electrons. The molecule has 0 aliphatic carbocycles. The van der Waals surface area contributed by atoms with Gasteiger partial charge < -0.3 is 10.4 Å². The van der Waals surface area contributed by atoms with Gasteiger partial charge in [0.15, 0.2) is 0 Å². The van der Waals surface area contributed by atoms with Crippen molar-refractivity contribution >= 4 is 11.6 Å². The van der Waals surface area contributed by atoms with Crippen molar-refractivity contribution in [2.45, 2.75) is 26.7 Å². The van der Waals surface area contributed by atoms with Crippen molar-refractivity contribution in [2.24, 2.45) is 0 Å². The number of carbonyl (C=O) groups excluding carboxylic acids is 1. The molecule has 0 saturated carbocycles. The minimum atomic E-state index is -0.0705.